The highest BCUT2D eigenvalue weighted by atomic mass is 16.4. The van der Waals surface area contributed by atoms with Crippen LogP contribution in [0.2, 0.25) is 0 Å². The summed E-state index contributed by atoms with van der Waals surface area (Å²) in [6.45, 7) is 5.63. The maximum Gasteiger partial charge on any atom is 0.326 e. The Morgan fingerprint density at radius 3 is 2.78 bits per heavy atom. The molecule has 2 aromatic rings. The molecule has 0 amide bonds. The summed E-state index contributed by atoms with van der Waals surface area (Å²) in [6, 6.07) is 1.23. The minimum Gasteiger partial charge on any atom is -0.480 e. The van der Waals surface area contributed by atoms with E-state index < -0.39 is 12.0 Å². The van der Waals surface area contributed by atoms with Crippen molar-refractivity contribution >= 4 is 22.8 Å². The summed E-state index contributed by atoms with van der Waals surface area (Å²) >= 11 is 0. The van der Waals surface area contributed by atoms with Crippen molar-refractivity contribution in [3.8, 4) is 0 Å². The van der Waals surface area contributed by atoms with Crippen LogP contribution in [0.15, 0.2) is 12.4 Å². The lowest BCUT2D eigenvalue weighted by atomic mass is 10.0. The second kappa shape index (κ2) is 4.64. The maximum atomic E-state index is 11.2. The SMILES string of the molecule is Cc1cc2c(NC(C(=O)O)C(C)C)ncnc2[nH]1. The van der Waals surface area contributed by atoms with E-state index in [2.05, 4.69) is 20.3 Å². The van der Waals surface area contributed by atoms with E-state index in [1.807, 2.05) is 26.8 Å². The first kappa shape index (κ1) is 12.3. The number of nitrogens with one attached hydrogen (secondary N) is 2. The first-order valence-electron chi connectivity index (χ1n) is 5.78. The predicted molar refractivity (Wildman–Crippen MR) is 68.5 cm³/mol. The number of anilines is 1. The number of carboxylic acids is 1. The van der Waals surface area contributed by atoms with Crippen LogP contribution in [-0.2, 0) is 4.79 Å². The van der Waals surface area contributed by atoms with E-state index in [9.17, 15) is 4.79 Å². The van der Waals surface area contributed by atoms with Crippen molar-refractivity contribution in [2.45, 2.75) is 26.8 Å². The summed E-state index contributed by atoms with van der Waals surface area (Å²) in [5.74, 6) is -0.373. The first-order valence-corrected chi connectivity index (χ1v) is 5.78. The van der Waals surface area contributed by atoms with Gasteiger partial charge in [-0.15, -0.1) is 0 Å². The van der Waals surface area contributed by atoms with Crippen molar-refractivity contribution in [1.82, 2.24) is 15.0 Å². The van der Waals surface area contributed by atoms with E-state index in [0.29, 0.717) is 11.5 Å². The Kier molecular flexibility index (Phi) is 3.18. The summed E-state index contributed by atoms with van der Waals surface area (Å²) in [6.07, 6.45) is 1.42. The zero-order valence-electron chi connectivity index (χ0n) is 10.6. The third-order valence-electron chi connectivity index (χ3n) is 2.79. The average molecular weight is 248 g/mol. The number of aromatic amines is 1. The van der Waals surface area contributed by atoms with E-state index in [4.69, 9.17) is 5.11 Å². The van der Waals surface area contributed by atoms with Crippen LogP contribution in [0.4, 0.5) is 5.82 Å². The smallest absolute Gasteiger partial charge is 0.326 e. The Hall–Kier alpha value is -2.11. The van der Waals surface area contributed by atoms with Crippen LogP contribution in [0.3, 0.4) is 0 Å². The fourth-order valence-electron chi connectivity index (χ4n) is 1.85. The maximum absolute atomic E-state index is 11.2. The number of aromatic nitrogens is 3. The molecule has 18 heavy (non-hydrogen) atoms. The molecule has 1 atom stereocenters. The van der Waals surface area contributed by atoms with Crippen LogP contribution >= 0.6 is 0 Å². The van der Waals surface area contributed by atoms with Gasteiger partial charge >= 0.3 is 5.97 Å². The molecule has 1 unspecified atom stereocenters. The molecule has 0 aromatic carbocycles. The molecule has 0 aliphatic carbocycles. The van der Waals surface area contributed by atoms with E-state index in [1.54, 1.807) is 0 Å². The van der Waals surface area contributed by atoms with Gasteiger partial charge in [0.05, 0.1) is 5.39 Å². The molecule has 0 aliphatic rings. The second-order valence-corrected chi connectivity index (χ2v) is 4.64. The zero-order chi connectivity index (χ0) is 13.3. The fraction of sp³-hybridized carbons (Fsp3) is 0.417. The van der Waals surface area contributed by atoms with Crippen LogP contribution in [0.1, 0.15) is 19.5 Å². The quantitative estimate of drug-likeness (QED) is 0.767. The van der Waals surface area contributed by atoms with Crippen LogP contribution in [0, 0.1) is 12.8 Å². The first-order chi connectivity index (χ1) is 8.49. The molecule has 2 heterocycles. The molecule has 0 fully saturated rings. The van der Waals surface area contributed by atoms with Gasteiger partial charge in [-0.25, -0.2) is 14.8 Å². The van der Waals surface area contributed by atoms with Crippen LogP contribution in [0.5, 0.6) is 0 Å². The lowest BCUT2D eigenvalue weighted by Crippen LogP contribution is -2.34. The van der Waals surface area contributed by atoms with Crippen molar-refractivity contribution in [2.24, 2.45) is 5.92 Å². The second-order valence-electron chi connectivity index (χ2n) is 4.64. The summed E-state index contributed by atoms with van der Waals surface area (Å²) in [5.41, 5.74) is 1.67. The number of carboxylic acid groups (broad SMARTS) is 1. The van der Waals surface area contributed by atoms with Gasteiger partial charge in [0.2, 0.25) is 0 Å². The normalized spacial score (nSPS) is 12.9. The minimum atomic E-state index is -0.885. The number of nitrogens with zero attached hydrogens (tertiary/aromatic N) is 2. The Labute approximate surface area is 104 Å². The lowest BCUT2D eigenvalue weighted by molar-refractivity contribution is -0.138. The van der Waals surface area contributed by atoms with Crippen LogP contribution in [0.25, 0.3) is 11.0 Å². The Bertz CT molecular complexity index is 576. The molecule has 6 nitrogen and oxygen atoms in total. The average Bonchev–Trinajstić information content (AvgIpc) is 2.65. The summed E-state index contributed by atoms with van der Waals surface area (Å²) in [4.78, 5) is 22.5. The fourth-order valence-corrected chi connectivity index (χ4v) is 1.85. The van der Waals surface area contributed by atoms with Crippen LogP contribution in [-0.4, -0.2) is 32.1 Å². The summed E-state index contributed by atoms with van der Waals surface area (Å²) < 4.78 is 0. The van der Waals surface area contributed by atoms with Gasteiger partial charge in [0.15, 0.2) is 0 Å². The number of H-pyrrole nitrogens is 1. The highest BCUT2D eigenvalue weighted by Gasteiger charge is 2.22. The van der Waals surface area contributed by atoms with Gasteiger partial charge in [0, 0.05) is 5.69 Å². The molecule has 0 saturated heterocycles. The highest BCUT2D eigenvalue weighted by Crippen LogP contribution is 2.21. The molecule has 0 radical (unpaired) electrons. The molecule has 0 spiro atoms. The molecule has 0 bridgehead atoms. The number of rotatable bonds is 4. The van der Waals surface area contributed by atoms with Gasteiger partial charge in [-0.3, -0.25) is 0 Å². The van der Waals surface area contributed by atoms with Gasteiger partial charge < -0.3 is 15.4 Å². The number of fused-ring (bicyclic) bond motifs is 1. The van der Waals surface area contributed by atoms with Gasteiger partial charge in [-0.05, 0) is 18.9 Å². The van der Waals surface area contributed by atoms with E-state index in [-0.39, 0.29) is 5.92 Å². The molecule has 96 valence electrons. The number of hydrogen-bond donors (Lipinski definition) is 3. The van der Waals surface area contributed by atoms with Gasteiger partial charge in [0.25, 0.3) is 0 Å². The Morgan fingerprint density at radius 2 is 2.17 bits per heavy atom. The monoisotopic (exact) mass is 248 g/mol. The number of hydrogen-bond acceptors (Lipinski definition) is 4. The van der Waals surface area contributed by atoms with E-state index >= 15 is 0 Å². The van der Waals surface area contributed by atoms with Crippen molar-refractivity contribution in [3.05, 3.63) is 18.1 Å². The standard InChI is InChI=1S/C12H16N4O2/c1-6(2)9(12(17)18)16-11-8-4-7(3)15-10(8)13-5-14-11/h4-6,9H,1-3H3,(H,17,18)(H2,13,14,15,16). The Morgan fingerprint density at radius 1 is 1.44 bits per heavy atom. The third kappa shape index (κ3) is 2.27. The Balaban J connectivity index is 2.39. The number of aryl methyl sites for hydroxylation is 1. The molecule has 2 rings (SSSR count). The molecule has 0 saturated carbocycles. The van der Waals surface area contributed by atoms with Crippen molar-refractivity contribution < 1.29 is 9.90 Å². The topological polar surface area (TPSA) is 90.9 Å². The summed E-state index contributed by atoms with van der Waals surface area (Å²) in [7, 11) is 0. The largest absolute Gasteiger partial charge is 0.480 e. The lowest BCUT2D eigenvalue weighted by Gasteiger charge is -2.18. The molecular weight excluding hydrogens is 232 g/mol. The van der Waals surface area contributed by atoms with E-state index in [1.165, 1.54) is 6.33 Å². The molecule has 3 N–H and O–H groups in total. The molecule has 0 aliphatic heterocycles. The predicted octanol–water partition coefficient (Wildman–Crippen LogP) is 1.79. The zero-order valence-corrected chi connectivity index (χ0v) is 10.6. The van der Waals surface area contributed by atoms with Gasteiger partial charge in [-0.1, -0.05) is 13.8 Å². The van der Waals surface area contributed by atoms with Crippen molar-refractivity contribution in [3.63, 3.8) is 0 Å². The highest BCUT2D eigenvalue weighted by molar-refractivity contribution is 5.89. The number of aliphatic carboxylic acids is 1. The van der Waals surface area contributed by atoms with Crippen molar-refractivity contribution in [1.29, 1.82) is 0 Å². The van der Waals surface area contributed by atoms with Gasteiger partial charge in [-0.2, -0.15) is 0 Å². The van der Waals surface area contributed by atoms with Gasteiger partial charge in [0.1, 0.15) is 23.8 Å². The molecule has 6 heteroatoms. The number of carbonyl (C=O) groups is 1. The van der Waals surface area contributed by atoms with Crippen molar-refractivity contribution in [2.75, 3.05) is 5.32 Å². The summed E-state index contributed by atoms with van der Waals surface area (Å²) in [5, 5.41) is 12.9. The minimum absolute atomic E-state index is 0.0347. The van der Waals surface area contributed by atoms with E-state index in [0.717, 1.165) is 11.1 Å². The van der Waals surface area contributed by atoms with Crippen LogP contribution < -0.4 is 5.32 Å². The molecule has 2 aromatic heterocycles. The third-order valence-corrected chi connectivity index (χ3v) is 2.79. The molecular formula is C12H16N4O2.